The van der Waals surface area contributed by atoms with E-state index in [1.165, 1.54) is 11.8 Å². The Kier molecular flexibility index (Phi) is 8.15. The number of hydrogen-bond acceptors (Lipinski definition) is 5. The van der Waals surface area contributed by atoms with Crippen LogP contribution < -0.4 is 5.56 Å². The van der Waals surface area contributed by atoms with Gasteiger partial charge in [-0.2, -0.15) is 0 Å². The first kappa shape index (κ1) is 21.0. The summed E-state index contributed by atoms with van der Waals surface area (Å²) >= 11 is 3.07. The van der Waals surface area contributed by atoms with E-state index >= 15 is 0 Å². The number of H-pyrrole nitrogens is 1. The molecule has 0 bridgehead atoms. The number of rotatable bonds is 10. The van der Waals surface area contributed by atoms with Crippen molar-refractivity contribution < 1.29 is 4.79 Å². The van der Waals surface area contributed by atoms with E-state index in [-0.39, 0.29) is 11.5 Å². The molecule has 2 aromatic heterocycles. The average Bonchev–Trinajstić information content (AvgIpc) is 2.89. The molecule has 0 radical (unpaired) electrons. The Hall–Kier alpha value is -1.34. The third-order valence-electron chi connectivity index (χ3n) is 4.47. The maximum Gasteiger partial charge on any atom is 0.259 e. The molecule has 2 aromatic rings. The molecule has 7 heteroatoms. The van der Waals surface area contributed by atoms with Gasteiger partial charge in [0.25, 0.3) is 5.56 Å². The fourth-order valence-corrected chi connectivity index (χ4v) is 4.59. The highest BCUT2D eigenvalue weighted by atomic mass is 32.2. The molecule has 1 amide bonds. The number of thiophene rings is 1. The molecule has 0 fully saturated rings. The summed E-state index contributed by atoms with van der Waals surface area (Å²) in [5.74, 6) is 1.80. The number of fused-ring (bicyclic) bond motifs is 1. The molecule has 0 saturated heterocycles. The van der Waals surface area contributed by atoms with Gasteiger partial charge < -0.3 is 9.88 Å². The first-order chi connectivity index (χ1) is 12.5. The summed E-state index contributed by atoms with van der Waals surface area (Å²) in [5.41, 5.74) is 0.932. The molecular weight excluding hydrogens is 366 g/mol. The minimum atomic E-state index is -0.0775. The Balaban J connectivity index is 1.96. The minimum Gasteiger partial charge on any atom is -0.342 e. The first-order valence-electron chi connectivity index (χ1n) is 9.32. The largest absolute Gasteiger partial charge is 0.342 e. The first-order valence-corrected chi connectivity index (χ1v) is 11.3. The number of aromatic amines is 1. The molecule has 0 spiro atoms. The van der Waals surface area contributed by atoms with E-state index in [2.05, 4.69) is 23.8 Å². The Labute approximate surface area is 163 Å². The topological polar surface area (TPSA) is 66.1 Å². The summed E-state index contributed by atoms with van der Waals surface area (Å²) < 4.78 is 0. The van der Waals surface area contributed by atoms with E-state index in [9.17, 15) is 9.59 Å². The number of nitrogens with one attached hydrogen (secondary N) is 1. The zero-order valence-electron chi connectivity index (χ0n) is 16.2. The van der Waals surface area contributed by atoms with Crippen LogP contribution in [0.4, 0.5) is 0 Å². The smallest absolute Gasteiger partial charge is 0.259 e. The number of aromatic nitrogens is 2. The van der Waals surface area contributed by atoms with Gasteiger partial charge >= 0.3 is 0 Å². The van der Waals surface area contributed by atoms with Gasteiger partial charge in [0.15, 0.2) is 0 Å². The van der Waals surface area contributed by atoms with E-state index in [0.717, 1.165) is 54.0 Å². The molecule has 0 aliphatic rings. The number of unbranched alkanes of at least 4 members (excludes halogenated alkanes) is 2. The highest BCUT2D eigenvalue weighted by Gasteiger charge is 2.14. The van der Waals surface area contributed by atoms with Crippen LogP contribution in [0.2, 0.25) is 0 Å². The zero-order valence-corrected chi connectivity index (χ0v) is 17.8. The molecule has 0 aliphatic carbocycles. The van der Waals surface area contributed by atoms with Crippen molar-refractivity contribution in [1.82, 2.24) is 14.9 Å². The molecule has 0 aliphatic heterocycles. The number of thioether (sulfide) groups is 1. The number of amides is 1. The average molecular weight is 396 g/mol. The summed E-state index contributed by atoms with van der Waals surface area (Å²) in [5, 5.41) is 0.697. The molecule has 5 nitrogen and oxygen atoms in total. The van der Waals surface area contributed by atoms with Gasteiger partial charge in [-0.15, -0.1) is 23.1 Å². The van der Waals surface area contributed by atoms with E-state index in [4.69, 9.17) is 0 Å². The Morgan fingerprint density at radius 2 is 1.85 bits per heavy atom. The van der Waals surface area contributed by atoms with Crippen molar-refractivity contribution >= 4 is 39.2 Å². The maximum absolute atomic E-state index is 12.5. The van der Waals surface area contributed by atoms with E-state index < -0.39 is 0 Å². The van der Waals surface area contributed by atoms with Gasteiger partial charge in [-0.1, -0.05) is 26.7 Å². The van der Waals surface area contributed by atoms with Gasteiger partial charge in [-0.3, -0.25) is 9.59 Å². The molecule has 26 heavy (non-hydrogen) atoms. The van der Waals surface area contributed by atoms with Gasteiger partial charge in [0.05, 0.1) is 16.9 Å². The third-order valence-corrected chi connectivity index (χ3v) is 6.50. The van der Waals surface area contributed by atoms with Crippen LogP contribution >= 0.6 is 23.1 Å². The van der Waals surface area contributed by atoms with Crippen molar-refractivity contribution in [1.29, 1.82) is 0 Å². The van der Waals surface area contributed by atoms with Crippen LogP contribution in [-0.2, 0) is 10.5 Å². The molecule has 0 aromatic carbocycles. The Bertz CT molecular complexity index is 790. The van der Waals surface area contributed by atoms with Crippen molar-refractivity contribution in [3.63, 3.8) is 0 Å². The van der Waals surface area contributed by atoms with Gasteiger partial charge in [0, 0.05) is 18.0 Å². The lowest BCUT2D eigenvalue weighted by molar-refractivity contribution is -0.128. The minimum absolute atomic E-state index is 0.0775. The van der Waals surface area contributed by atoms with Crippen molar-refractivity contribution in [2.75, 3.05) is 18.8 Å². The number of aryl methyl sites for hydroxylation is 2. The van der Waals surface area contributed by atoms with Crippen molar-refractivity contribution in [3.05, 3.63) is 26.6 Å². The predicted molar refractivity (Wildman–Crippen MR) is 112 cm³/mol. The van der Waals surface area contributed by atoms with E-state index in [1.807, 2.05) is 18.7 Å². The lowest BCUT2D eigenvalue weighted by Gasteiger charge is -2.22. The van der Waals surface area contributed by atoms with Crippen molar-refractivity contribution in [2.45, 2.75) is 59.1 Å². The van der Waals surface area contributed by atoms with Crippen molar-refractivity contribution in [2.24, 2.45) is 0 Å². The second kappa shape index (κ2) is 10.1. The molecule has 2 heterocycles. The van der Waals surface area contributed by atoms with Crippen molar-refractivity contribution in [3.8, 4) is 0 Å². The highest BCUT2D eigenvalue weighted by molar-refractivity contribution is 7.99. The summed E-state index contributed by atoms with van der Waals surface area (Å²) in [6.07, 6.45) is 4.27. The van der Waals surface area contributed by atoms with Gasteiger partial charge in [0.1, 0.15) is 10.7 Å². The molecule has 1 N–H and O–H groups in total. The normalized spacial score (nSPS) is 11.2. The van der Waals surface area contributed by atoms with Crippen LogP contribution in [0, 0.1) is 13.8 Å². The van der Waals surface area contributed by atoms with Gasteiger partial charge in [-0.05, 0) is 32.3 Å². The maximum atomic E-state index is 12.5. The number of carbonyl (C=O) groups is 1. The second-order valence-electron chi connectivity index (χ2n) is 6.56. The number of hydrogen-bond donors (Lipinski definition) is 1. The van der Waals surface area contributed by atoms with Crippen LogP contribution in [0.3, 0.4) is 0 Å². The standard InChI is InChI=1S/C19H29N3O2S2/c1-5-7-9-22(10-8-6-2)16(23)12-25-11-15-20-18(24)17-13(3)14(4)26-19(17)21-15/h5-12H2,1-4H3,(H,20,21,24). The van der Waals surface area contributed by atoms with Crippen LogP contribution in [0.1, 0.15) is 55.8 Å². The third kappa shape index (κ3) is 5.33. The number of nitrogens with zero attached hydrogens (tertiary/aromatic N) is 2. The van der Waals surface area contributed by atoms with E-state index in [1.54, 1.807) is 11.3 Å². The van der Waals surface area contributed by atoms with Gasteiger partial charge in [-0.25, -0.2) is 4.98 Å². The Morgan fingerprint density at radius 1 is 1.19 bits per heavy atom. The predicted octanol–water partition coefficient (Wildman–Crippen LogP) is 4.26. The van der Waals surface area contributed by atoms with Crippen LogP contribution in [0.25, 0.3) is 10.2 Å². The molecular formula is C19H29N3O2S2. The fraction of sp³-hybridized carbons (Fsp3) is 0.632. The van der Waals surface area contributed by atoms with Crippen LogP contribution in [-0.4, -0.2) is 39.6 Å². The second-order valence-corrected chi connectivity index (χ2v) is 8.75. The summed E-state index contributed by atoms with van der Waals surface area (Å²) in [6, 6.07) is 0. The number of carbonyl (C=O) groups excluding carboxylic acids is 1. The molecule has 0 saturated carbocycles. The molecule has 2 rings (SSSR count). The SMILES string of the molecule is CCCCN(CCCC)C(=O)CSCc1nc2sc(C)c(C)c2c(=O)[nH]1. The summed E-state index contributed by atoms with van der Waals surface area (Å²) in [7, 11) is 0. The lowest BCUT2D eigenvalue weighted by Crippen LogP contribution is -2.34. The van der Waals surface area contributed by atoms with Crippen LogP contribution in [0.15, 0.2) is 4.79 Å². The van der Waals surface area contributed by atoms with Crippen LogP contribution in [0.5, 0.6) is 0 Å². The zero-order chi connectivity index (χ0) is 19.1. The lowest BCUT2D eigenvalue weighted by atomic mass is 10.2. The quantitative estimate of drug-likeness (QED) is 0.653. The van der Waals surface area contributed by atoms with E-state index in [0.29, 0.717) is 22.7 Å². The monoisotopic (exact) mass is 395 g/mol. The summed E-state index contributed by atoms with van der Waals surface area (Å²) in [6.45, 7) is 9.93. The molecule has 0 unspecified atom stereocenters. The molecule has 144 valence electrons. The highest BCUT2D eigenvalue weighted by Crippen LogP contribution is 2.26. The fourth-order valence-electron chi connectivity index (χ4n) is 2.75. The summed E-state index contributed by atoms with van der Waals surface area (Å²) in [4.78, 5) is 36.1. The Morgan fingerprint density at radius 3 is 2.46 bits per heavy atom. The molecule has 0 atom stereocenters. The van der Waals surface area contributed by atoms with Gasteiger partial charge in [0.2, 0.25) is 5.91 Å².